The number of rotatable bonds is 9. The van der Waals surface area contributed by atoms with Gasteiger partial charge in [-0.05, 0) is 68.8 Å². The number of aliphatic imine (C=N–C) groups is 2. The van der Waals surface area contributed by atoms with E-state index >= 15 is 4.39 Å². The van der Waals surface area contributed by atoms with Gasteiger partial charge >= 0.3 is 0 Å². The molecule has 1 aromatic heterocycles. The summed E-state index contributed by atoms with van der Waals surface area (Å²) in [5, 5.41) is 11.6. The summed E-state index contributed by atoms with van der Waals surface area (Å²) in [6.45, 7) is 10.1. The van der Waals surface area contributed by atoms with Crippen molar-refractivity contribution < 1.29 is 4.39 Å². The third kappa shape index (κ3) is 6.26. The fourth-order valence-electron chi connectivity index (χ4n) is 3.82. The summed E-state index contributed by atoms with van der Waals surface area (Å²) in [5.41, 5.74) is 10.6. The number of anilines is 2. The number of hydrogen-bond acceptors (Lipinski definition) is 6. The van der Waals surface area contributed by atoms with Crippen LogP contribution in [0.15, 0.2) is 68.4 Å². The van der Waals surface area contributed by atoms with E-state index in [4.69, 9.17) is 10.7 Å². The summed E-state index contributed by atoms with van der Waals surface area (Å²) in [4.78, 5) is 11.9. The zero-order chi connectivity index (χ0) is 26.6. The van der Waals surface area contributed by atoms with E-state index in [1.165, 1.54) is 18.0 Å². The maximum Gasteiger partial charge on any atom is 0.153 e. The molecule has 1 atom stereocenters. The van der Waals surface area contributed by atoms with Crippen molar-refractivity contribution in [3.63, 3.8) is 0 Å². The monoisotopic (exact) mass is 527 g/mol. The molecule has 0 bridgehead atoms. The largest absolute Gasteiger partial charge is 0.404 e. The van der Waals surface area contributed by atoms with Gasteiger partial charge in [0.25, 0.3) is 0 Å². The average Bonchev–Trinajstić information content (AvgIpc) is 3.60. The fraction of sp³-hybridized carbons (Fsp3) is 0.346. The Hall–Kier alpha value is -2.90. The first-order valence-corrected chi connectivity index (χ1v) is 13.4. The van der Waals surface area contributed by atoms with Crippen LogP contribution >= 0.6 is 21.0 Å². The van der Waals surface area contributed by atoms with Crippen molar-refractivity contribution >= 4 is 49.4 Å². The predicted octanol–water partition coefficient (Wildman–Crippen LogP) is 5.16. The molecule has 0 radical (unpaired) electrons. The number of aryl methyl sites for hydroxylation is 1. The molecule has 1 fully saturated rings. The first kappa shape index (κ1) is 27.7. The number of nitrogens with zero attached hydrogens (tertiary/aromatic N) is 4. The highest BCUT2D eigenvalue weighted by molar-refractivity contribution is 7.99. The molecule has 10 heteroatoms. The number of nitrogens with one attached hydrogen (secondary N) is 2. The number of allylic oxidation sites excluding steroid dienone is 3. The molecule has 1 aromatic carbocycles. The van der Waals surface area contributed by atoms with Crippen molar-refractivity contribution in [2.75, 3.05) is 30.6 Å². The van der Waals surface area contributed by atoms with Crippen LogP contribution in [-0.2, 0) is 0 Å². The van der Waals surface area contributed by atoms with Gasteiger partial charge in [-0.1, -0.05) is 6.58 Å². The van der Waals surface area contributed by atoms with Crippen molar-refractivity contribution in [1.29, 1.82) is 0 Å². The minimum absolute atomic E-state index is 0.276. The van der Waals surface area contributed by atoms with Crippen molar-refractivity contribution in [2.45, 2.75) is 38.5 Å². The van der Waals surface area contributed by atoms with E-state index in [-0.39, 0.29) is 11.7 Å². The Kier molecular flexibility index (Phi) is 9.14. The fourth-order valence-corrected chi connectivity index (χ4v) is 4.93. The summed E-state index contributed by atoms with van der Waals surface area (Å²) in [5.74, 6) is 1.81. The average molecular weight is 528 g/mol. The first-order chi connectivity index (χ1) is 17.1. The Morgan fingerprint density at radius 3 is 2.58 bits per heavy atom. The van der Waals surface area contributed by atoms with E-state index in [0.29, 0.717) is 23.2 Å². The van der Waals surface area contributed by atoms with Crippen LogP contribution in [-0.4, -0.2) is 42.1 Å². The molecular weight excluding hydrogens is 492 g/mol. The molecule has 1 saturated carbocycles. The molecule has 192 valence electrons. The Morgan fingerprint density at radius 2 is 2.06 bits per heavy atom. The second kappa shape index (κ2) is 11.9. The lowest BCUT2D eigenvalue weighted by Crippen LogP contribution is -2.26. The normalized spacial score (nSPS) is 15.6. The molecule has 0 amide bonds. The van der Waals surface area contributed by atoms with Crippen LogP contribution in [0.4, 0.5) is 15.9 Å². The summed E-state index contributed by atoms with van der Waals surface area (Å²) in [6, 6.07) is 5.27. The lowest BCUT2D eigenvalue weighted by molar-refractivity contribution is 0.625. The summed E-state index contributed by atoms with van der Waals surface area (Å²) in [7, 11) is 6.21. The van der Waals surface area contributed by atoms with Gasteiger partial charge in [0.2, 0.25) is 0 Å². The predicted molar refractivity (Wildman–Crippen MR) is 156 cm³/mol. The Labute approximate surface area is 219 Å². The molecule has 36 heavy (non-hydrogen) atoms. The summed E-state index contributed by atoms with van der Waals surface area (Å²) in [6.07, 6.45) is 5.50. The van der Waals surface area contributed by atoms with Crippen LogP contribution in [0.1, 0.15) is 32.4 Å². The molecule has 0 saturated heterocycles. The van der Waals surface area contributed by atoms with E-state index in [1.54, 1.807) is 25.1 Å². The number of amidine groups is 1. The van der Waals surface area contributed by atoms with Crippen molar-refractivity contribution in [2.24, 2.45) is 21.6 Å². The minimum atomic E-state index is -0.307. The third-order valence-corrected chi connectivity index (χ3v) is 7.64. The van der Waals surface area contributed by atoms with Crippen LogP contribution in [0.25, 0.3) is 0 Å². The van der Waals surface area contributed by atoms with Gasteiger partial charge in [0.1, 0.15) is 17.5 Å². The molecule has 0 aliphatic heterocycles. The molecule has 3 rings (SSSR count). The molecule has 1 aliphatic carbocycles. The molecule has 4 N–H and O–H groups in total. The maximum atomic E-state index is 15.0. The van der Waals surface area contributed by atoms with Crippen molar-refractivity contribution in [1.82, 2.24) is 10.2 Å². The lowest BCUT2D eigenvalue weighted by Gasteiger charge is -2.23. The Morgan fingerprint density at radius 1 is 1.36 bits per heavy atom. The highest BCUT2D eigenvalue weighted by atomic mass is 32.2. The van der Waals surface area contributed by atoms with E-state index in [0.717, 1.165) is 51.2 Å². The zero-order valence-electron chi connectivity index (χ0n) is 21.7. The highest BCUT2D eigenvalue weighted by Gasteiger charge is 2.32. The van der Waals surface area contributed by atoms with E-state index in [2.05, 4.69) is 36.3 Å². The molecule has 0 spiro atoms. The second-order valence-electron chi connectivity index (χ2n) is 8.73. The van der Waals surface area contributed by atoms with Crippen LogP contribution in [0.2, 0.25) is 0 Å². The topological polar surface area (TPSA) is 94.7 Å². The number of benzene rings is 1. The number of hydrogen-bond donors (Lipinski definition) is 3. The lowest BCUT2D eigenvalue weighted by atomic mass is 9.93. The van der Waals surface area contributed by atoms with Crippen molar-refractivity contribution in [3.8, 4) is 0 Å². The van der Waals surface area contributed by atoms with E-state index in [9.17, 15) is 0 Å². The Bertz CT molecular complexity index is 1270. The SMILES string of the molecule is C=C(/C(=C/N)C(C)=NC)/C(=C(\N=C(/C)N(C)c1cc(P)c(SC)cc1F)Nc1cc(C)[nH]n1)C1CC1. The van der Waals surface area contributed by atoms with Gasteiger partial charge in [-0.2, -0.15) is 5.10 Å². The van der Waals surface area contributed by atoms with Crippen LogP contribution < -0.4 is 21.3 Å². The third-order valence-electron chi connectivity index (χ3n) is 6.15. The standard InChI is InChI=1S/C26H35FN7PS/c1-14-10-24(33-32-14)31-26(25(18-8-9-18)15(2)19(13-28)16(3)29-5)30-17(4)34(6)21-12-22(35)23(36-7)11-20(21)27/h10-13,18H,2,8-9,28,35H2,1,3-7H3,(H2,31,32,33)/b19-13-,26-25-,29-16?,30-17+. The number of halogens is 1. The van der Waals surface area contributed by atoms with Gasteiger partial charge in [0, 0.05) is 53.8 Å². The zero-order valence-corrected chi connectivity index (χ0v) is 23.7. The molecule has 2 aromatic rings. The van der Waals surface area contributed by atoms with Crippen molar-refractivity contribution in [3.05, 3.63) is 65.0 Å². The van der Waals surface area contributed by atoms with Gasteiger partial charge in [-0.3, -0.25) is 10.1 Å². The highest BCUT2D eigenvalue weighted by Crippen LogP contribution is 2.43. The number of aromatic nitrogens is 2. The van der Waals surface area contributed by atoms with Gasteiger partial charge in [0.05, 0.1) is 5.69 Å². The minimum Gasteiger partial charge on any atom is -0.404 e. The summed E-state index contributed by atoms with van der Waals surface area (Å²) < 4.78 is 15.0. The molecule has 1 heterocycles. The van der Waals surface area contributed by atoms with Crippen LogP contribution in [0.5, 0.6) is 0 Å². The molecule has 1 unspecified atom stereocenters. The summed E-state index contributed by atoms with van der Waals surface area (Å²) >= 11 is 1.51. The molecular formula is C26H35FN7PS. The molecule has 7 nitrogen and oxygen atoms in total. The first-order valence-electron chi connectivity index (χ1n) is 11.6. The Balaban J connectivity index is 2.13. The smallest absolute Gasteiger partial charge is 0.153 e. The van der Waals surface area contributed by atoms with Gasteiger partial charge in [0.15, 0.2) is 5.82 Å². The number of nitrogens with two attached hydrogens (primary N) is 1. The van der Waals surface area contributed by atoms with E-state index < -0.39 is 0 Å². The number of aromatic amines is 1. The van der Waals surface area contributed by atoms with E-state index in [1.807, 2.05) is 39.2 Å². The van der Waals surface area contributed by atoms with Crippen LogP contribution in [0, 0.1) is 18.7 Å². The van der Waals surface area contributed by atoms with Gasteiger partial charge in [-0.15, -0.1) is 21.0 Å². The second-order valence-corrected chi connectivity index (χ2v) is 10.2. The molecule has 1 aliphatic rings. The maximum absolute atomic E-state index is 15.0. The number of H-pyrrole nitrogens is 1. The quantitative estimate of drug-likeness (QED) is 0.138. The number of thioether (sulfide) groups is 1. The van der Waals surface area contributed by atoms with Gasteiger partial charge in [-0.25, -0.2) is 9.38 Å². The van der Waals surface area contributed by atoms with Crippen LogP contribution in [0.3, 0.4) is 0 Å². The van der Waals surface area contributed by atoms with Gasteiger partial charge < -0.3 is 16.0 Å².